The summed E-state index contributed by atoms with van der Waals surface area (Å²) in [7, 11) is -0.683. The van der Waals surface area contributed by atoms with E-state index in [1.54, 1.807) is 0 Å². The predicted octanol–water partition coefficient (Wildman–Crippen LogP) is 5.53. The second-order valence-corrected chi connectivity index (χ2v) is 9.57. The maximum Gasteiger partial charge on any atom is 0.141 e. The van der Waals surface area contributed by atoms with Crippen molar-refractivity contribution in [2.75, 3.05) is 6.66 Å². The molecule has 1 unspecified atom stereocenters. The molecule has 0 radical (unpaired) electrons. The summed E-state index contributed by atoms with van der Waals surface area (Å²) in [6, 6.07) is 6.54. The van der Waals surface area contributed by atoms with Crippen molar-refractivity contribution in [2.45, 2.75) is 52.4 Å². The molecule has 0 amide bonds. The summed E-state index contributed by atoms with van der Waals surface area (Å²) < 4.78 is 5.87. The highest BCUT2D eigenvalue weighted by Crippen LogP contribution is 2.43. The molecule has 0 aliphatic rings. The molecule has 1 nitrogen and oxygen atoms in total. The molecule has 1 aromatic carbocycles. The number of hydrogen-bond acceptors (Lipinski definition) is 2. The van der Waals surface area contributed by atoms with Gasteiger partial charge < -0.3 is 4.52 Å². The van der Waals surface area contributed by atoms with Crippen molar-refractivity contribution in [3.63, 3.8) is 0 Å². The first-order chi connectivity index (χ1) is 8.01. The van der Waals surface area contributed by atoms with E-state index in [0.29, 0.717) is 0 Å². The minimum Gasteiger partial charge on any atom is -0.463 e. The van der Waals surface area contributed by atoms with E-state index >= 15 is 0 Å². The van der Waals surface area contributed by atoms with Crippen molar-refractivity contribution >= 4 is 19.6 Å². The van der Waals surface area contributed by atoms with Crippen molar-refractivity contribution in [1.29, 1.82) is 0 Å². The highest BCUT2D eigenvalue weighted by atomic mass is 32.7. The summed E-state index contributed by atoms with van der Waals surface area (Å²) in [5, 5.41) is 0. The smallest absolute Gasteiger partial charge is 0.141 e. The van der Waals surface area contributed by atoms with Crippen LogP contribution in [0.2, 0.25) is 0 Å². The van der Waals surface area contributed by atoms with Crippen molar-refractivity contribution in [1.82, 2.24) is 0 Å². The van der Waals surface area contributed by atoms with Crippen molar-refractivity contribution < 1.29 is 4.52 Å². The van der Waals surface area contributed by atoms with Crippen molar-refractivity contribution in [3.8, 4) is 5.75 Å². The Kier molecular flexibility index (Phi) is 4.78. The van der Waals surface area contributed by atoms with Crippen molar-refractivity contribution in [2.24, 2.45) is 0 Å². The van der Waals surface area contributed by atoms with E-state index < -0.39 is 7.35 Å². The molecular weight excluding hydrogens is 259 g/mol. The van der Waals surface area contributed by atoms with E-state index in [-0.39, 0.29) is 10.8 Å². The highest BCUT2D eigenvalue weighted by molar-refractivity contribution is 8.43. The summed E-state index contributed by atoms with van der Waals surface area (Å²) in [6.07, 6.45) is 0. The third-order valence-electron chi connectivity index (χ3n) is 2.88. The number of thiol groups is 1. The topological polar surface area (TPSA) is 9.23 Å². The molecule has 1 aromatic rings. The Morgan fingerprint density at radius 1 is 1.00 bits per heavy atom. The molecule has 1 atom stereocenters. The lowest BCUT2D eigenvalue weighted by Crippen LogP contribution is -2.17. The fraction of sp³-hybridized carbons (Fsp3) is 0.600. The van der Waals surface area contributed by atoms with Gasteiger partial charge in [0.1, 0.15) is 13.1 Å². The molecule has 1 rings (SSSR count). The Morgan fingerprint density at radius 2 is 1.56 bits per heavy atom. The van der Waals surface area contributed by atoms with E-state index in [4.69, 9.17) is 4.52 Å². The molecule has 0 heterocycles. The van der Waals surface area contributed by atoms with Crippen LogP contribution >= 0.6 is 19.6 Å². The summed E-state index contributed by atoms with van der Waals surface area (Å²) >= 11 is 4.38. The molecule has 0 saturated carbocycles. The minimum absolute atomic E-state index is 0.0791. The molecule has 0 fully saturated rings. The van der Waals surface area contributed by atoms with Gasteiger partial charge in [-0.05, 0) is 22.5 Å². The van der Waals surface area contributed by atoms with Gasteiger partial charge in [-0.3, -0.25) is 0 Å². The molecule has 3 heteroatoms. The van der Waals surface area contributed by atoms with Gasteiger partial charge in [0.25, 0.3) is 0 Å². The van der Waals surface area contributed by atoms with Gasteiger partial charge in [-0.15, -0.1) is 12.2 Å². The predicted molar refractivity (Wildman–Crippen MR) is 86.3 cm³/mol. The quantitative estimate of drug-likeness (QED) is 0.555. The zero-order chi connectivity index (χ0) is 14.1. The molecule has 0 bridgehead atoms. The molecule has 18 heavy (non-hydrogen) atoms. The summed E-state index contributed by atoms with van der Waals surface area (Å²) in [4.78, 5) is 0. The van der Waals surface area contributed by atoms with Gasteiger partial charge in [-0.1, -0.05) is 53.7 Å². The second-order valence-electron chi connectivity index (χ2n) is 6.77. The first-order valence-electron chi connectivity index (χ1n) is 6.27. The molecule has 0 N–H and O–H groups in total. The molecular formula is C15H25OPS. The first kappa shape index (κ1) is 15.9. The SMILES string of the molecule is CP(S)Oc1ccc(C(C)(C)C)cc1C(C)(C)C. The lowest BCUT2D eigenvalue weighted by atomic mass is 9.80. The van der Waals surface area contributed by atoms with Gasteiger partial charge in [0.05, 0.1) is 0 Å². The van der Waals surface area contributed by atoms with E-state index in [9.17, 15) is 0 Å². The normalized spacial score (nSPS) is 14.4. The Hall–Kier alpha value is -0.200. The van der Waals surface area contributed by atoms with E-state index in [1.807, 2.05) is 6.66 Å². The fourth-order valence-corrected chi connectivity index (χ4v) is 2.51. The summed E-state index contributed by atoms with van der Waals surface area (Å²) in [5.74, 6) is 0.971. The third-order valence-corrected chi connectivity index (χ3v) is 3.59. The number of rotatable bonds is 2. The van der Waals surface area contributed by atoms with E-state index in [2.05, 4.69) is 72.0 Å². The van der Waals surface area contributed by atoms with Crippen LogP contribution in [0.25, 0.3) is 0 Å². The zero-order valence-electron chi connectivity index (χ0n) is 12.5. The van der Waals surface area contributed by atoms with E-state index in [1.165, 1.54) is 11.1 Å². The van der Waals surface area contributed by atoms with Gasteiger partial charge in [0.15, 0.2) is 0 Å². The van der Waals surface area contributed by atoms with Gasteiger partial charge in [-0.25, -0.2) is 0 Å². The van der Waals surface area contributed by atoms with Gasteiger partial charge in [0, 0.05) is 12.2 Å². The summed E-state index contributed by atoms with van der Waals surface area (Å²) in [6.45, 7) is 15.4. The van der Waals surface area contributed by atoms with Gasteiger partial charge in [-0.2, -0.15) is 0 Å². The third kappa shape index (κ3) is 4.17. The molecule has 0 aromatic heterocycles. The standard InChI is InChI=1S/C15H25OPS/c1-14(2,3)11-8-9-13(16-17(7)18)12(10-11)15(4,5)6/h8-10,18H,1-7H3. The maximum absolute atomic E-state index is 5.87. The van der Waals surface area contributed by atoms with Gasteiger partial charge in [0.2, 0.25) is 0 Å². The zero-order valence-corrected chi connectivity index (χ0v) is 14.3. The van der Waals surface area contributed by atoms with E-state index in [0.717, 1.165) is 5.75 Å². The Morgan fingerprint density at radius 3 is 1.94 bits per heavy atom. The van der Waals surface area contributed by atoms with Crippen LogP contribution in [-0.2, 0) is 10.8 Å². The Bertz CT molecular complexity index is 413. The average molecular weight is 284 g/mol. The van der Waals surface area contributed by atoms with Crippen LogP contribution in [-0.4, -0.2) is 6.66 Å². The maximum atomic E-state index is 5.87. The Labute approximate surface area is 118 Å². The molecule has 0 saturated heterocycles. The molecule has 0 aliphatic heterocycles. The first-order valence-corrected chi connectivity index (χ1v) is 9.13. The van der Waals surface area contributed by atoms with Crippen LogP contribution in [0, 0.1) is 0 Å². The van der Waals surface area contributed by atoms with Crippen LogP contribution in [0.5, 0.6) is 5.75 Å². The average Bonchev–Trinajstić information content (AvgIpc) is 2.13. The number of hydrogen-bond donors (Lipinski definition) is 1. The monoisotopic (exact) mass is 284 g/mol. The molecule has 0 spiro atoms. The largest absolute Gasteiger partial charge is 0.463 e. The molecule has 0 aliphatic carbocycles. The van der Waals surface area contributed by atoms with Crippen LogP contribution in [0.1, 0.15) is 52.7 Å². The lowest BCUT2D eigenvalue weighted by molar-refractivity contribution is 0.532. The van der Waals surface area contributed by atoms with Crippen LogP contribution in [0.15, 0.2) is 18.2 Å². The number of benzene rings is 1. The molecule has 102 valence electrons. The summed E-state index contributed by atoms with van der Waals surface area (Å²) in [5.41, 5.74) is 2.85. The Balaban J connectivity index is 3.30. The van der Waals surface area contributed by atoms with Crippen LogP contribution in [0.3, 0.4) is 0 Å². The second kappa shape index (κ2) is 5.43. The van der Waals surface area contributed by atoms with Crippen LogP contribution < -0.4 is 4.52 Å². The van der Waals surface area contributed by atoms with Crippen molar-refractivity contribution in [3.05, 3.63) is 29.3 Å². The minimum atomic E-state index is -0.683. The fourth-order valence-electron chi connectivity index (χ4n) is 1.80. The highest BCUT2D eigenvalue weighted by Gasteiger charge is 2.23. The van der Waals surface area contributed by atoms with Gasteiger partial charge >= 0.3 is 0 Å². The van der Waals surface area contributed by atoms with Crippen LogP contribution in [0.4, 0.5) is 0 Å². The lowest BCUT2D eigenvalue weighted by Gasteiger charge is -2.27.